The number of aromatic nitrogens is 2. The van der Waals surface area contributed by atoms with Crippen molar-refractivity contribution in [3.05, 3.63) is 106 Å². The Kier molecular flexibility index (Phi) is 6.22. The fraction of sp³-hybridized carbons (Fsp3) is 0.192. The van der Waals surface area contributed by atoms with Crippen LogP contribution in [0.3, 0.4) is 0 Å². The number of hydrogen-bond donors (Lipinski definition) is 1. The Morgan fingerprint density at radius 1 is 0.903 bits per heavy atom. The van der Waals surface area contributed by atoms with E-state index in [0.717, 1.165) is 28.7 Å². The number of hydrogen-bond acceptors (Lipinski definition) is 3. The summed E-state index contributed by atoms with van der Waals surface area (Å²) in [6.45, 7) is 2.56. The number of anilines is 1. The molecule has 1 amide bonds. The summed E-state index contributed by atoms with van der Waals surface area (Å²) in [6, 6.07) is 25.4. The molecular weight excluding hydrogens is 386 g/mol. The summed E-state index contributed by atoms with van der Waals surface area (Å²) in [5.41, 5.74) is 4.94. The van der Waals surface area contributed by atoms with Gasteiger partial charge in [0.1, 0.15) is 5.69 Å². The van der Waals surface area contributed by atoms with Crippen molar-refractivity contribution in [1.29, 1.82) is 0 Å². The molecule has 0 bridgehead atoms. The molecule has 0 aliphatic rings. The zero-order valence-electron chi connectivity index (χ0n) is 17.5. The lowest BCUT2D eigenvalue weighted by Gasteiger charge is -2.12. The molecule has 5 nitrogen and oxygen atoms in total. The number of nitrogens with zero attached hydrogens (tertiary/aromatic N) is 2. The van der Waals surface area contributed by atoms with Crippen LogP contribution in [-0.2, 0) is 24.2 Å². The van der Waals surface area contributed by atoms with Gasteiger partial charge in [-0.3, -0.25) is 9.59 Å². The van der Waals surface area contributed by atoms with Gasteiger partial charge in [-0.2, -0.15) is 0 Å². The molecule has 1 aromatic heterocycles. The Morgan fingerprint density at radius 2 is 1.61 bits per heavy atom. The fourth-order valence-corrected chi connectivity index (χ4v) is 3.61. The molecule has 0 aliphatic heterocycles. The third-order valence-corrected chi connectivity index (χ3v) is 5.31. The highest BCUT2D eigenvalue weighted by Gasteiger charge is 2.13. The maximum atomic E-state index is 13.2. The third-order valence-electron chi connectivity index (χ3n) is 5.31. The number of carbonyl (C=O) groups excluding carboxylic acids is 1. The first-order valence-electron chi connectivity index (χ1n) is 10.5. The van der Waals surface area contributed by atoms with Crippen LogP contribution in [0.4, 0.5) is 5.69 Å². The number of rotatable bonds is 7. The summed E-state index contributed by atoms with van der Waals surface area (Å²) in [5.74, 6) is -0.131. The molecule has 31 heavy (non-hydrogen) atoms. The predicted molar refractivity (Wildman–Crippen MR) is 124 cm³/mol. The Balaban J connectivity index is 1.53. The van der Waals surface area contributed by atoms with Crippen LogP contribution in [0.1, 0.15) is 23.2 Å². The minimum Gasteiger partial charge on any atom is -0.326 e. The number of fused-ring (bicyclic) bond motifs is 1. The van der Waals surface area contributed by atoms with Gasteiger partial charge in [0.15, 0.2) is 0 Å². The number of benzene rings is 3. The van der Waals surface area contributed by atoms with Crippen LogP contribution in [0, 0.1) is 6.92 Å². The second kappa shape index (κ2) is 9.39. The number of para-hydroxylation sites is 2. The zero-order chi connectivity index (χ0) is 21.6. The van der Waals surface area contributed by atoms with Crippen LogP contribution in [0.15, 0.2) is 83.7 Å². The molecule has 3 aromatic carbocycles. The molecule has 0 saturated heterocycles. The normalized spacial score (nSPS) is 10.9. The molecule has 0 radical (unpaired) electrons. The van der Waals surface area contributed by atoms with Gasteiger partial charge in [-0.25, -0.2) is 4.98 Å². The lowest BCUT2D eigenvalue weighted by atomic mass is 10.1. The Hall–Kier alpha value is -3.73. The van der Waals surface area contributed by atoms with E-state index in [9.17, 15) is 9.59 Å². The van der Waals surface area contributed by atoms with Gasteiger partial charge in [-0.1, -0.05) is 60.2 Å². The van der Waals surface area contributed by atoms with Gasteiger partial charge in [0.25, 0.3) is 5.56 Å². The highest BCUT2D eigenvalue weighted by atomic mass is 16.1. The van der Waals surface area contributed by atoms with Crippen LogP contribution in [0.2, 0.25) is 0 Å². The number of nitrogens with one attached hydrogen (secondary N) is 1. The van der Waals surface area contributed by atoms with E-state index in [1.54, 1.807) is 4.57 Å². The van der Waals surface area contributed by atoms with E-state index in [0.29, 0.717) is 18.7 Å². The minimum atomic E-state index is -0.131. The van der Waals surface area contributed by atoms with Gasteiger partial charge >= 0.3 is 0 Å². The van der Waals surface area contributed by atoms with Crippen LogP contribution in [0.25, 0.3) is 11.0 Å². The van der Waals surface area contributed by atoms with Crippen molar-refractivity contribution >= 4 is 22.6 Å². The molecule has 0 spiro atoms. The standard InChI is InChI=1S/C26H25N3O2/c1-19-11-13-21(14-12-19)27-25(30)16-15-23-26(31)29(18-17-20-7-3-2-4-8-20)24-10-6-5-9-22(24)28-23/h2-14H,15-18H2,1H3,(H,27,30). The average Bonchev–Trinajstić information content (AvgIpc) is 2.79. The molecule has 1 N–H and O–H groups in total. The van der Waals surface area contributed by atoms with Crippen LogP contribution in [-0.4, -0.2) is 15.5 Å². The molecule has 0 aliphatic carbocycles. The number of carbonyl (C=O) groups is 1. The smallest absolute Gasteiger partial charge is 0.272 e. The Morgan fingerprint density at radius 3 is 2.39 bits per heavy atom. The van der Waals surface area contributed by atoms with Crippen molar-refractivity contribution in [1.82, 2.24) is 9.55 Å². The zero-order valence-corrected chi connectivity index (χ0v) is 17.5. The van der Waals surface area contributed by atoms with Crippen LogP contribution < -0.4 is 10.9 Å². The van der Waals surface area contributed by atoms with Gasteiger partial charge in [-0.05, 0) is 43.2 Å². The van der Waals surface area contributed by atoms with Gasteiger partial charge in [-0.15, -0.1) is 0 Å². The fourth-order valence-electron chi connectivity index (χ4n) is 3.61. The highest BCUT2D eigenvalue weighted by Crippen LogP contribution is 2.13. The highest BCUT2D eigenvalue weighted by molar-refractivity contribution is 5.90. The third kappa shape index (κ3) is 5.07. The van der Waals surface area contributed by atoms with E-state index in [2.05, 4.69) is 22.4 Å². The first-order chi connectivity index (χ1) is 15.1. The van der Waals surface area contributed by atoms with Gasteiger partial charge in [0, 0.05) is 25.1 Å². The SMILES string of the molecule is Cc1ccc(NC(=O)CCc2nc3ccccc3n(CCc3ccccc3)c2=O)cc1. The lowest BCUT2D eigenvalue weighted by molar-refractivity contribution is -0.116. The molecular formula is C26H25N3O2. The molecule has 5 heteroatoms. The maximum absolute atomic E-state index is 13.2. The van der Waals surface area contributed by atoms with Crippen molar-refractivity contribution in [2.24, 2.45) is 0 Å². The minimum absolute atomic E-state index is 0.127. The molecule has 0 fully saturated rings. The second-order valence-electron chi connectivity index (χ2n) is 7.65. The number of amides is 1. The Bertz CT molecular complexity index is 1250. The lowest BCUT2D eigenvalue weighted by Crippen LogP contribution is -2.27. The van der Waals surface area contributed by atoms with Crippen molar-refractivity contribution in [3.8, 4) is 0 Å². The van der Waals surface area contributed by atoms with Gasteiger partial charge in [0.05, 0.1) is 11.0 Å². The van der Waals surface area contributed by atoms with E-state index in [-0.39, 0.29) is 17.9 Å². The summed E-state index contributed by atoms with van der Waals surface area (Å²) in [5, 5.41) is 2.88. The summed E-state index contributed by atoms with van der Waals surface area (Å²) in [7, 11) is 0. The van der Waals surface area contributed by atoms with Gasteiger partial charge < -0.3 is 9.88 Å². The van der Waals surface area contributed by atoms with Crippen LogP contribution >= 0.6 is 0 Å². The molecule has 0 atom stereocenters. The largest absolute Gasteiger partial charge is 0.326 e. The molecule has 4 rings (SSSR count). The Labute approximate surface area is 181 Å². The summed E-state index contributed by atoms with van der Waals surface area (Å²) < 4.78 is 1.78. The van der Waals surface area contributed by atoms with E-state index in [4.69, 9.17) is 0 Å². The maximum Gasteiger partial charge on any atom is 0.272 e. The van der Waals surface area contributed by atoms with Crippen LogP contribution in [0.5, 0.6) is 0 Å². The number of aryl methyl sites for hydroxylation is 4. The molecule has 4 aromatic rings. The van der Waals surface area contributed by atoms with E-state index in [1.165, 1.54) is 5.56 Å². The first kappa shape index (κ1) is 20.5. The van der Waals surface area contributed by atoms with Crippen molar-refractivity contribution in [2.75, 3.05) is 5.32 Å². The summed E-state index contributed by atoms with van der Waals surface area (Å²) >= 11 is 0. The summed E-state index contributed by atoms with van der Waals surface area (Å²) in [4.78, 5) is 30.1. The van der Waals surface area contributed by atoms with Gasteiger partial charge in [0.2, 0.25) is 5.91 Å². The van der Waals surface area contributed by atoms with Crippen molar-refractivity contribution in [3.63, 3.8) is 0 Å². The predicted octanol–water partition coefficient (Wildman–Crippen LogP) is 4.52. The average molecular weight is 412 g/mol. The first-order valence-corrected chi connectivity index (χ1v) is 10.5. The van der Waals surface area contributed by atoms with Crippen molar-refractivity contribution in [2.45, 2.75) is 32.7 Å². The van der Waals surface area contributed by atoms with E-state index in [1.807, 2.05) is 73.7 Å². The second-order valence-corrected chi connectivity index (χ2v) is 7.65. The molecule has 1 heterocycles. The quantitative estimate of drug-likeness (QED) is 0.486. The monoisotopic (exact) mass is 411 g/mol. The van der Waals surface area contributed by atoms with E-state index < -0.39 is 0 Å². The summed E-state index contributed by atoms with van der Waals surface area (Å²) in [6.07, 6.45) is 1.25. The molecule has 0 saturated carbocycles. The molecule has 156 valence electrons. The topological polar surface area (TPSA) is 64.0 Å². The van der Waals surface area contributed by atoms with Crippen molar-refractivity contribution < 1.29 is 4.79 Å². The molecule has 0 unspecified atom stereocenters. The van der Waals surface area contributed by atoms with E-state index >= 15 is 0 Å².